The van der Waals surface area contributed by atoms with Crippen molar-refractivity contribution in [3.8, 4) is 28.7 Å². The van der Waals surface area contributed by atoms with Gasteiger partial charge in [-0.15, -0.1) is 0 Å². The van der Waals surface area contributed by atoms with Gasteiger partial charge in [0.05, 0.1) is 38.1 Å². The second kappa shape index (κ2) is 14.7. The second-order valence-corrected chi connectivity index (χ2v) is 11.6. The lowest BCUT2D eigenvalue weighted by Gasteiger charge is -2.26. The molecule has 0 saturated carbocycles. The molecule has 1 fully saturated rings. The molecule has 0 bridgehead atoms. The quantitative estimate of drug-likeness (QED) is 0.160. The van der Waals surface area contributed by atoms with Crippen LogP contribution in [0.25, 0.3) is 27.6 Å². The van der Waals surface area contributed by atoms with Crippen LogP contribution in [0, 0.1) is 5.82 Å². The number of nitrogens with zero attached hydrogens (tertiary/aromatic N) is 4. The van der Waals surface area contributed by atoms with Gasteiger partial charge in [0.15, 0.2) is 23.1 Å². The van der Waals surface area contributed by atoms with Crippen LogP contribution in [0.3, 0.4) is 0 Å². The summed E-state index contributed by atoms with van der Waals surface area (Å²) in [5.41, 5.74) is 1.04. The molecule has 1 aliphatic heterocycles. The maximum atomic E-state index is 15.5. The smallest absolute Gasteiger partial charge is 0.269 e. The van der Waals surface area contributed by atoms with E-state index in [1.54, 1.807) is 74.1 Å². The highest BCUT2D eigenvalue weighted by atomic mass is 19.1. The summed E-state index contributed by atoms with van der Waals surface area (Å²) >= 11 is 0. The number of anilines is 1. The van der Waals surface area contributed by atoms with E-state index in [0.717, 1.165) is 45.3 Å². The number of fused-ring (bicyclic) bond motifs is 2. The predicted octanol–water partition coefficient (Wildman–Crippen LogP) is 6.23. The first-order valence-corrected chi connectivity index (χ1v) is 16.2. The Balaban J connectivity index is 1.08. The zero-order valence-electron chi connectivity index (χ0n) is 27.3. The Hall–Kier alpha value is -5.85. The molecule has 0 spiro atoms. The van der Waals surface area contributed by atoms with Crippen molar-refractivity contribution in [3.05, 3.63) is 119 Å². The van der Waals surface area contributed by atoms with Crippen LogP contribution in [-0.2, 0) is 4.74 Å². The number of ether oxygens (including phenoxy) is 4. The standard InChI is InChI=1S/C38H34FN5O6/c1-47-34-23-28-31(24-35(34)49-18-6-15-43-16-19-48-20-17-43)40-14-12-32(28)50-33-11-10-26(22-30(33)39)42-37(45)29-21-25-7-5-13-41-36(25)44(38(29)46)27-8-3-2-4-9-27/h2-5,7-14,21-24H,6,15-20H2,1H3,(H,42,45). The summed E-state index contributed by atoms with van der Waals surface area (Å²) in [5, 5.41) is 3.84. The number of methoxy groups -OCH3 is 1. The highest BCUT2D eigenvalue weighted by molar-refractivity contribution is 6.05. The highest BCUT2D eigenvalue weighted by Gasteiger charge is 2.19. The average Bonchev–Trinajstić information content (AvgIpc) is 3.14. The Bertz CT molecular complexity index is 2220. The third-order valence-corrected chi connectivity index (χ3v) is 8.40. The molecular weight excluding hydrogens is 641 g/mol. The van der Waals surface area contributed by atoms with Crippen molar-refractivity contribution in [2.45, 2.75) is 6.42 Å². The van der Waals surface area contributed by atoms with Crippen LogP contribution in [0.1, 0.15) is 16.8 Å². The first-order chi connectivity index (χ1) is 24.5. The molecule has 12 heteroatoms. The summed E-state index contributed by atoms with van der Waals surface area (Å²) in [6.45, 7) is 4.77. The molecule has 7 rings (SSSR count). The van der Waals surface area contributed by atoms with Gasteiger partial charge in [-0.25, -0.2) is 9.37 Å². The third-order valence-electron chi connectivity index (χ3n) is 8.40. The summed E-state index contributed by atoms with van der Waals surface area (Å²) in [4.78, 5) is 38.2. The van der Waals surface area contributed by atoms with Gasteiger partial charge >= 0.3 is 0 Å². The Morgan fingerprint density at radius 2 is 1.74 bits per heavy atom. The van der Waals surface area contributed by atoms with Crippen LogP contribution in [-0.4, -0.2) is 71.9 Å². The summed E-state index contributed by atoms with van der Waals surface area (Å²) in [7, 11) is 1.55. The maximum absolute atomic E-state index is 15.5. The van der Waals surface area contributed by atoms with Gasteiger partial charge in [-0.1, -0.05) is 18.2 Å². The average molecular weight is 676 g/mol. The normalized spacial score (nSPS) is 13.3. The van der Waals surface area contributed by atoms with Gasteiger partial charge in [-0.2, -0.15) is 0 Å². The summed E-state index contributed by atoms with van der Waals surface area (Å²) < 4.78 is 39.9. The molecule has 1 N–H and O–H groups in total. The fourth-order valence-corrected chi connectivity index (χ4v) is 5.89. The molecule has 3 aromatic heterocycles. The maximum Gasteiger partial charge on any atom is 0.269 e. The topological polar surface area (TPSA) is 117 Å². The van der Waals surface area contributed by atoms with Crippen molar-refractivity contribution >= 4 is 33.5 Å². The zero-order chi connectivity index (χ0) is 34.5. The molecular formula is C38H34FN5O6. The third kappa shape index (κ3) is 6.98. The van der Waals surface area contributed by atoms with Gasteiger partial charge in [-0.05, 0) is 61.0 Å². The Labute approximate surface area is 286 Å². The molecule has 0 radical (unpaired) electrons. The molecule has 1 aliphatic rings. The van der Waals surface area contributed by atoms with Crippen LogP contribution < -0.4 is 25.1 Å². The summed E-state index contributed by atoms with van der Waals surface area (Å²) in [6, 6.07) is 23.1. The number of halogens is 1. The van der Waals surface area contributed by atoms with E-state index in [0.29, 0.717) is 51.5 Å². The van der Waals surface area contributed by atoms with E-state index in [2.05, 4.69) is 20.2 Å². The van der Waals surface area contributed by atoms with Gasteiger partial charge in [0.2, 0.25) is 0 Å². The number of carbonyl (C=O) groups is 1. The number of benzene rings is 3. The van der Waals surface area contributed by atoms with Crippen molar-refractivity contribution in [2.24, 2.45) is 0 Å². The number of carbonyl (C=O) groups excluding carboxylic acids is 1. The van der Waals surface area contributed by atoms with E-state index >= 15 is 4.39 Å². The van der Waals surface area contributed by atoms with Crippen molar-refractivity contribution in [1.29, 1.82) is 0 Å². The van der Waals surface area contributed by atoms with Crippen molar-refractivity contribution in [2.75, 3.05) is 51.9 Å². The van der Waals surface area contributed by atoms with Crippen molar-refractivity contribution in [1.82, 2.24) is 19.4 Å². The van der Waals surface area contributed by atoms with Gasteiger partial charge < -0.3 is 24.3 Å². The van der Waals surface area contributed by atoms with Crippen LogP contribution in [0.15, 0.2) is 102 Å². The number of pyridine rings is 3. The lowest BCUT2D eigenvalue weighted by molar-refractivity contribution is 0.0357. The lowest BCUT2D eigenvalue weighted by atomic mass is 10.1. The summed E-state index contributed by atoms with van der Waals surface area (Å²) in [5.74, 6) is -0.0726. The van der Waals surface area contributed by atoms with Crippen LogP contribution in [0.4, 0.5) is 10.1 Å². The minimum atomic E-state index is -0.718. The predicted molar refractivity (Wildman–Crippen MR) is 187 cm³/mol. The van der Waals surface area contributed by atoms with Crippen LogP contribution in [0.5, 0.6) is 23.0 Å². The molecule has 0 unspecified atom stereocenters. The van der Waals surface area contributed by atoms with Gasteiger partial charge in [0.25, 0.3) is 11.5 Å². The zero-order valence-corrected chi connectivity index (χ0v) is 27.3. The Morgan fingerprint density at radius 3 is 2.54 bits per heavy atom. The van der Waals surface area contributed by atoms with Crippen molar-refractivity contribution < 1.29 is 28.1 Å². The molecule has 0 aliphatic carbocycles. The molecule has 1 amide bonds. The fraction of sp³-hybridized carbons (Fsp3) is 0.211. The first kappa shape index (κ1) is 32.7. The monoisotopic (exact) mass is 675 g/mol. The number of aromatic nitrogens is 3. The number of rotatable bonds is 11. The number of morpholine rings is 1. The number of nitrogens with one attached hydrogen (secondary N) is 1. The molecule has 3 aromatic carbocycles. The first-order valence-electron chi connectivity index (χ1n) is 16.2. The molecule has 6 aromatic rings. The Kier molecular flexibility index (Phi) is 9.63. The minimum Gasteiger partial charge on any atom is -0.493 e. The van der Waals surface area contributed by atoms with Gasteiger partial charge in [-0.3, -0.25) is 24.0 Å². The van der Waals surface area contributed by atoms with Gasteiger partial charge in [0.1, 0.15) is 17.0 Å². The summed E-state index contributed by atoms with van der Waals surface area (Å²) in [6.07, 6.45) is 4.00. The van der Waals surface area contributed by atoms with E-state index in [4.69, 9.17) is 18.9 Å². The van der Waals surface area contributed by atoms with Crippen LogP contribution in [0.2, 0.25) is 0 Å². The van der Waals surface area contributed by atoms with E-state index in [1.165, 1.54) is 22.8 Å². The van der Waals surface area contributed by atoms with E-state index < -0.39 is 17.3 Å². The Morgan fingerprint density at radius 1 is 0.900 bits per heavy atom. The molecule has 50 heavy (non-hydrogen) atoms. The number of amides is 1. The molecule has 1 saturated heterocycles. The van der Waals surface area contributed by atoms with Crippen molar-refractivity contribution in [3.63, 3.8) is 0 Å². The molecule has 11 nitrogen and oxygen atoms in total. The van der Waals surface area contributed by atoms with E-state index in [-0.39, 0.29) is 17.0 Å². The SMILES string of the molecule is COc1cc2c(Oc3ccc(NC(=O)c4cc5cccnc5n(-c5ccccc5)c4=O)cc3F)ccnc2cc1OCCCN1CCOCC1. The molecule has 0 atom stereocenters. The van der Waals surface area contributed by atoms with Crippen LogP contribution >= 0.6 is 0 Å². The van der Waals surface area contributed by atoms with E-state index in [1.807, 2.05) is 6.07 Å². The number of hydrogen-bond donors (Lipinski definition) is 1. The van der Waals surface area contributed by atoms with Gasteiger partial charge in [0, 0.05) is 60.6 Å². The number of para-hydroxylation sites is 1. The van der Waals surface area contributed by atoms with E-state index in [9.17, 15) is 9.59 Å². The highest BCUT2D eigenvalue weighted by Crippen LogP contribution is 2.38. The fourth-order valence-electron chi connectivity index (χ4n) is 5.89. The number of hydrogen-bond acceptors (Lipinski definition) is 9. The lowest BCUT2D eigenvalue weighted by Crippen LogP contribution is -2.37. The molecule has 254 valence electrons. The largest absolute Gasteiger partial charge is 0.493 e. The second-order valence-electron chi connectivity index (χ2n) is 11.6. The minimum absolute atomic E-state index is 0.0684. The molecule has 4 heterocycles.